The summed E-state index contributed by atoms with van der Waals surface area (Å²) >= 11 is 0. The molecule has 0 bridgehead atoms. The quantitative estimate of drug-likeness (QED) is 0.354. The fourth-order valence-electron chi connectivity index (χ4n) is 0.436. The maximum absolute atomic E-state index is 8.31. The second kappa shape index (κ2) is 4.85. The van der Waals surface area contributed by atoms with Gasteiger partial charge in [-0.25, -0.2) is 0 Å². The zero-order valence-electron chi connectivity index (χ0n) is 8.76. The van der Waals surface area contributed by atoms with Crippen LogP contribution in [-0.2, 0) is 9.68 Å². The summed E-state index contributed by atoms with van der Waals surface area (Å²) in [6.07, 6.45) is 0. The molecular weight excluding hydrogens is 174 g/mol. The zero-order valence-corrected chi connectivity index (χ0v) is 8.76. The predicted octanol–water partition coefficient (Wildman–Crippen LogP) is 0.110. The Bertz CT molecular complexity index is 150. The van der Waals surface area contributed by atoms with Crippen molar-refractivity contribution in [2.45, 2.75) is 39.1 Å². The molecule has 0 rings (SSSR count). The third-order valence-corrected chi connectivity index (χ3v) is 1.45. The maximum atomic E-state index is 8.31. The van der Waals surface area contributed by atoms with Gasteiger partial charge in [-0.05, 0) is 34.7 Å². The van der Waals surface area contributed by atoms with Crippen LogP contribution in [0.5, 0.6) is 0 Å². The maximum Gasteiger partial charge on any atom is 0.158 e. The van der Waals surface area contributed by atoms with Gasteiger partial charge in [0.05, 0.1) is 0 Å². The molecule has 6 nitrogen and oxygen atoms in total. The Hall–Kier alpha value is -0.240. The van der Waals surface area contributed by atoms with Gasteiger partial charge in [0.25, 0.3) is 0 Å². The average molecular weight is 193 g/mol. The first kappa shape index (κ1) is 12.8. The molecule has 0 aliphatic carbocycles. The van der Waals surface area contributed by atoms with Gasteiger partial charge in [0, 0.05) is 0 Å². The highest BCUT2D eigenvalue weighted by Crippen LogP contribution is 2.06. The Morgan fingerprint density at radius 1 is 1.00 bits per heavy atom. The van der Waals surface area contributed by atoms with E-state index in [9.17, 15) is 0 Å². The molecule has 13 heavy (non-hydrogen) atoms. The highest BCUT2D eigenvalue weighted by atomic mass is 16.9. The van der Waals surface area contributed by atoms with Crippen LogP contribution in [0.1, 0.15) is 27.7 Å². The van der Waals surface area contributed by atoms with Crippen molar-refractivity contribution in [1.82, 2.24) is 16.4 Å². The summed E-state index contributed by atoms with van der Waals surface area (Å²) in [5.41, 5.74) is 2.92. The van der Waals surface area contributed by atoms with E-state index in [0.717, 1.165) is 0 Å². The normalized spacial score (nSPS) is 13.4. The Labute approximate surface area is 78.5 Å². The summed E-state index contributed by atoms with van der Waals surface area (Å²) in [6.45, 7) is 7.09. The Kier molecular flexibility index (Phi) is 4.76. The third-order valence-electron chi connectivity index (χ3n) is 1.45. The SMILES string of the molecule is CNC(C)(C)ONC(C)(C)ONO. The van der Waals surface area contributed by atoms with Gasteiger partial charge in [-0.3, -0.25) is 20.2 Å². The lowest BCUT2D eigenvalue weighted by atomic mass is 10.3. The van der Waals surface area contributed by atoms with E-state index in [4.69, 9.17) is 14.9 Å². The van der Waals surface area contributed by atoms with Crippen molar-refractivity contribution >= 4 is 0 Å². The minimum atomic E-state index is -0.817. The monoisotopic (exact) mass is 193 g/mol. The van der Waals surface area contributed by atoms with Crippen LogP contribution in [0, 0.1) is 0 Å². The molecular formula is C7H19N3O3. The van der Waals surface area contributed by atoms with Crippen molar-refractivity contribution in [3.63, 3.8) is 0 Å². The largest absolute Gasteiger partial charge is 0.292 e. The van der Waals surface area contributed by atoms with Gasteiger partial charge in [0.2, 0.25) is 0 Å². The summed E-state index contributed by atoms with van der Waals surface area (Å²) in [7, 11) is 1.78. The van der Waals surface area contributed by atoms with E-state index < -0.39 is 11.4 Å². The third kappa shape index (κ3) is 5.92. The molecule has 0 amide bonds. The van der Waals surface area contributed by atoms with Gasteiger partial charge >= 0.3 is 0 Å². The van der Waals surface area contributed by atoms with Crippen molar-refractivity contribution in [2.24, 2.45) is 0 Å². The summed E-state index contributed by atoms with van der Waals surface area (Å²) < 4.78 is 0. The van der Waals surface area contributed by atoms with E-state index >= 15 is 0 Å². The molecule has 0 aliphatic heterocycles. The van der Waals surface area contributed by atoms with Crippen molar-refractivity contribution in [3.8, 4) is 0 Å². The first-order valence-corrected chi connectivity index (χ1v) is 4.04. The first-order chi connectivity index (χ1) is 5.83. The van der Waals surface area contributed by atoms with Crippen LogP contribution in [0.2, 0.25) is 0 Å². The van der Waals surface area contributed by atoms with Crippen LogP contribution in [-0.4, -0.2) is 23.7 Å². The molecule has 0 atom stereocenters. The van der Waals surface area contributed by atoms with Crippen molar-refractivity contribution < 1.29 is 14.9 Å². The number of hydroxylamine groups is 1. The molecule has 80 valence electrons. The van der Waals surface area contributed by atoms with Crippen LogP contribution in [0.15, 0.2) is 0 Å². The van der Waals surface area contributed by atoms with E-state index in [-0.39, 0.29) is 0 Å². The molecule has 0 spiro atoms. The second-order valence-corrected chi connectivity index (χ2v) is 3.67. The topological polar surface area (TPSA) is 74.8 Å². The lowest BCUT2D eigenvalue weighted by molar-refractivity contribution is -0.267. The molecule has 0 aliphatic rings. The summed E-state index contributed by atoms with van der Waals surface area (Å²) in [5, 5.41) is 11.2. The molecule has 0 saturated carbocycles. The molecule has 0 unspecified atom stereocenters. The number of hydrogen-bond acceptors (Lipinski definition) is 6. The minimum Gasteiger partial charge on any atom is -0.292 e. The van der Waals surface area contributed by atoms with Crippen molar-refractivity contribution in [3.05, 3.63) is 0 Å². The standard InChI is InChI=1S/C7H19N3O3/c1-6(2,8-5)12-9-7(3,4)13-10-11/h8-11H,1-5H3. The van der Waals surface area contributed by atoms with E-state index in [1.165, 1.54) is 0 Å². The van der Waals surface area contributed by atoms with E-state index in [1.54, 1.807) is 26.5 Å². The molecule has 0 aromatic rings. The Balaban J connectivity index is 3.86. The highest BCUT2D eigenvalue weighted by Gasteiger charge is 2.23. The van der Waals surface area contributed by atoms with E-state index in [0.29, 0.717) is 0 Å². The lowest BCUT2D eigenvalue weighted by Gasteiger charge is -2.31. The van der Waals surface area contributed by atoms with Crippen molar-refractivity contribution in [2.75, 3.05) is 7.05 Å². The molecule has 4 N–H and O–H groups in total. The van der Waals surface area contributed by atoms with Gasteiger partial charge in [-0.1, -0.05) is 5.64 Å². The lowest BCUT2D eigenvalue weighted by Crippen LogP contribution is -2.52. The molecule has 0 radical (unpaired) electrons. The van der Waals surface area contributed by atoms with Gasteiger partial charge < -0.3 is 0 Å². The number of nitrogens with one attached hydrogen (secondary N) is 3. The van der Waals surface area contributed by atoms with Crippen LogP contribution < -0.4 is 16.4 Å². The summed E-state index contributed by atoms with van der Waals surface area (Å²) in [5.74, 6) is 0. The van der Waals surface area contributed by atoms with Gasteiger partial charge in [0.1, 0.15) is 5.72 Å². The smallest absolute Gasteiger partial charge is 0.158 e. The second-order valence-electron chi connectivity index (χ2n) is 3.67. The highest BCUT2D eigenvalue weighted by molar-refractivity contribution is 4.63. The number of hydrogen-bond donors (Lipinski definition) is 4. The molecule has 0 saturated heterocycles. The minimum absolute atomic E-state index is 0.504. The Morgan fingerprint density at radius 3 is 1.92 bits per heavy atom. The van der Waals surface area contributed by atoms with E-state index in [2.05, 4.69) is 10.8 Å². The predicted molar refractivity (Wildman–Crippen MR) is 47.4 cm³/mol. The van der Waals surface area contributed by atoms with Gasteiger partial charge in [-0.15, -0.1) is 0 Å². The van der Waals surface area contributed by atoms with Crippen LogP contribution in [0.4, 0.5) is 0 Å². The van der Waals surface area contributed by atoms with Crippen LogP contribution in [0.25, 0.3) is 0 Å². The van der Waals surface area contributed by atoms with Gasteiger partial charge in [0.15, 0.2) is 5.72 Å². The van der Waals surface area contributed by atoms with Gasteiger partial charge in [-0.2, -0.15) is 5.48 Å². The molecule has 0 fully saturated rings. The molecule has 0 heterocycles. The van der Waals surface area contributed by atoms with Crippen LogP contribution >= 0.6 is 0 Å². The van der Waals surface area contributed by atoms with Crippen molar-refractivity contribution in [1.29, 1.82) is 0 Å². The fourth-order valence-corrected chi connectivity index (χ4v) is 0.436. The molecule has 6 heteroatoms. The zero-order chi connectivity index (χ0) is 10.5. The van der Waals surface area contributed by atoms with E-state index in [1.807, 2.05) is 13.8 Å². The Morgan fingerprint density at radius 2 is 1.54 bits per heavy atom. The molecule has 0 aromatic heterocycles. The summed E-state index contributed by atoms with van der Waals surface area (Å²) in [6, 6.07) is 0. The summed E-state index contributed by atoms with van der Waals surface area (Å²) in [4.78, 5) is 9.97. The fraction of sp³-hybridized carbons (Fsp3) is 1.00. The molecule has 0 aromatic carbocycles. The number of rotatable bonds is 6. The van der Waals surface area contributed by atoms with Crippen LogP contribution in [0.3, 0.4) is 0 Å². The first-order valence-electron chi connectivity index (χ1n) is 4.04. The average Bonchev–Trinajstić information content (AvgIpc) is 2.02.